The minimum atomic E-state index is -0.815. The average Bonchev–Trinajstić information content (AvgIpc) is 0.873. The number of nitrogens with one attached hydrogen (secondary N) is 6. The number of carbonyl (C=O) groups excluding carboxylic acids is 12. The molecule has 30 heteroatoms. The van der Waals surface area contributed by atoms with E-state index in [0.717, 1.165) is 52.6 Å². The summed E-state index contributed by atoms with van der Waals surface area (Å²) in [5.74, 6) is -4.89. The van der Waals surface area contributed by atoms with E-state index in [1.807, 2.05) is 189 Å². The van der Waals surface area contributed by atoms with Gasteiger partial charge in [-0.3, -0.25) is 57.5 Å². The molecule has 0 aliphatic rings. The molecule has 6 aromatic carbocycles. The molecule has 6 rings (SSSR count). The predicted molar refractivity (Wildman–Crippen MR) is 529 cm³/mol. The number of hydrogen-bond acceptors (Lipinski definition) is 19. The second kappa shape index (κ2) is 67.1. The van der Waals surface area contributed by atoms with Crippen LogP contribution in [0.25, 0.3) is 0 Å². The van der Waals surface area contributed by atoms with Gasteiger partial charge >= 0.3 is 0 Å². The van der Waals surface area contributed by atoms with E-state index in [2.05, 4.69) is 31.9 Å². The van der Waals surface area contributed by atoms with Crippen molar-refractivity contribution in [2.45, 2.75) is 236 Å². The molecule has 18 N–H and O–H groups in total. The first-order valence-corrected chi connectivity index (χ1v) is 48.7. The van der Waals surface area contributed by atoms with E-state index in [4.69, 9.17) is 34.4 Å². The van der Waals surface area contributed by atoms with Gasteiger partial charge in [-0.1, -0.05) is 221 Å². The van der Waals surface area contributed by atoms with Crippen molar-refractivity contribution in [1.29, 1.82) is 0 Å². The second-order valence-corrected chi connectivity index (χ2v) is 35.3. The van der Waals surface area contributed by atoms with Crippen molar-refractivity contribution < 1.29 is 57.5 Å². The molecule has 0 aliphatic carbocycles. The first-order valence-electron chi connectivity index (χ1n) is 48.7. The molecule has 0 fully saturated rings. The van der Waals surface area contributed by atoms with E-state index < -0.39 is 97.7 Å². The number of carbonyl (C=O) groups is 12. The molecule has 0 spiro atoms. The zero-order valence-electron chi connectivity index (χ0n) is 79.8. The van der Waals surface area contributed by atoms with Crippen molar-refractivity contribution in [3.63, 3.8) is 0 Å². The maximum absolute atomic E-state index is 15.3. The lowest BCUT2D eigenvalue weighted by Gasteiger charge is -2.32. The number of nitrogens with zero attached hydrogens (tertiary/aromatic N) is 6. The Labute approximate surface area is 795 Å². The third kappa shape index (κ3) is 47.7. The fourth-order valence-corrected chi connectivity index (χ4v) is 16.5. The highest BCUT2D eigenvalue weighted by Crippen LogP contribution is 2.19. The Kier molecular flexibility index (Phi) is 55.9. The van der Waals surface area contributed by atoms with Crippen LogP contribution in [0.1, 0.15) is 194 Å². The Morgan fingerprint density at radius 1 is 0.231 bits per heavy atom. The number of ketones is 1. The molecule has 30 nitrogen and oxygen atoms in total. The van der Waals surface area contributed by atoms with Gasteiger partial charge in [0.2, 0.25) is 65.0 Å². The first-order chi connectivity index (χ1) is 65.0. The van der Waals surface area contributed by atoms with Crippen LogP contribution in [0.2, 0.25) is 0 Å². The maximum Gasteiger partial charge on any atom is 0.239 e. The summed E-state index contributed by atoms with van der Waals surface area (Å²) in [6.07, 6.45) is 12.2. The molecule has 0 radical (unpaired) electrons. The summed E-state index contributed by atoms with van der Waals surface area (Å²) in [4.78, 5) is 185. The van der Waals surface area contributed by atoms with Crippen LogP contribution in [0.4, 0.5) is 0 Å². The molecule has 0 heterocycles. The van der Waals surface area contributed by atoms with Gasteiger partial charge in [0.05, 0.1) is 39.3 Å². The number of benzene rings is 6. The number of amides is 11. The van der Waals surface area contributed by atoms with E-state index in [9.17, 15) is 33.6 Å². The summed E-state index contributed by atoms with van der Waals surface area (Å²) in [7, 11) is 1.83. The lowest BCUT2D eigenvalue weighted by Crippen LogP contribution is -2.55. The predicted octanol–water partition coefficient (Wildman–Crippen LogP) is 7.13. The highest BCUT2D eigenvalue weighted by molar-refractivity contribution is 5.90. The van der Waals surface area contributed by atoms with Crippen LogP contribution < -0.4 is 66.3 Å². The van der Waals surface area contributed by atoms with Gasteiger partial charge in [-0.2, -0.15) is 0 Å². The summed E-state index contributed by atoms with van der Waals surface area (Å²) in [6.45, 7) is 1.15. The number of Topliss-reactive ketones (excluding diaryl/α,β-unsaturated/α-hetero) is 1. The van der Waals surface area contributed by atoms with Gasteiger partial charge in [-0.25, -0.2) is 0 Å². The van der Waals surface area contributed by atoms with Gasteiger partial charge in [0, 0.05) is 114 Å². The Hall–Kier alpha value is -11.1. The fraction of sp³-hybridized carbons (Fsp3) is 0.538. The quantitative estimate of drug-likeness (QED) is 0.0169. The van der Waals surface area contributed by atoms with Crippen LogP contribution in [0, 0.1) is 0 Å². The van der Waals surface area contributed by atoms with Crippen LogP contribution in [0.15, 0.2) is 182 Å². The van der Waals surface area contributed by atoms with Crippen LogP contribution in [-0.4, -0.2) is 261 Å². The van der Waals surface area contributed by atoms with E-state index in [-0.39, 0.29) is 126 Å². The summed E-state index contributed by atoms with van der Waals surface area (Å²) in [6, 6.07) is 53.2. The van der Waals surface area contributed by atoms with Gasteiger partial charge in [0.25, 0.3) is 0 Å². The lowest BCUT2D eigenvalue weighted by atomic mass is 10.1. The zero-order chi connectivity index (χ0) is 96.7. The van der Waals surface area contributed by atoms with Crippen molar-refractivity contribution in [3.8, 4) is 0 Å². The first kappa shape index (κ1) is 112. The lowest BCUT2D eigenvalue weighted by molar-refractivity contribution is -0.139. The fourth-order valence-electron chi connectivity index (χ4n) is 16.5. The van der Waals surface area contributed by atoms with Crippen LogP contribution in [0.5, 0.6) is 0 Å². The molecule has 6 aromatic rings. The van der Waals surface area contributed by atoms with Gasteiger partial charge in [0.1, 0.15) is 5.78 Å². The highest BCUT2D eigenvalue weighted by atomic mass is 16.2. The van der Waals surface area contributed by atoms with Gasteiger partial charge in [0.15, 0.2) is 0 Å². The Morgan fingerprint density at radius 3 is 0.545 bits per heavy atom. The minimum Gasteiger partial charge on any atom is -0.350 e. The summed E-state index contributed by atoms with van der Waals surface area (Å²) < 4.78 is 0. The SMILES string of the molecule is CN[C@@H](CCCCN)CN(CC(=O)N[C@@H](CCCCN)CN(CC(=O)N[C@@H](CCCCN)CN(CC(=O)N[C@@H](CCCCN)CN(CC(=O)N[C@@H](CCCCN)CN(CC(=O)N[C@@H](CCCCN)CN(CC(C)=O)C(=O)CCc1ccccc1)C(=O)CCc1ccccc1)C(=O)CCc1ccccc1)C(=O)CCc1ccccc1)C(=O)CCc1ccccc1)C(=O)CCc1ccccc1. The highest BCUT2D eigenvalue weighted by Gasteiger charge is 2.33. The topological polar surface area (TPSA) is 453 Å². The van der Waals surface area contributed by atoms with Crippen LogP contribution in [0.3, 0.4) is 0 Å². The second-order valence-electron chi connectivity index (χ2n) is 35.3. The number of nitrogens with two attached hydrogens (primary N) is 6. The van der Waals surface area contributed by atoms with E-state index in [0.29, 0.717) is 174 Å². The smallest absolute Gasteiger partial charge is 0.239 e. The van der Waals surface area contributed by atoms with Gasteiger partial charge < -0.3 is 95.7 Å². The molecule has 0 saturated heterocycles. The normalized spacial score (nSPS) is 12.5. The summed E-state index contributed by atoms with van der Waals surface area (Å²) in [5, 5.41) is 19.1. The van der Waals surface area contributed by atoms with Crippen molar-refractivity contribution in [2.24, 2.45) is 34.4 Å². The average molecular weight is 1850 g/mol. The van der Waals surface area contributed by atoms with E-state index in [1.165, 1.54) is 31.4 Å². The number of rotatable bonds is 72. The number of unbranched alkanes of at least 4 members (excludes halogenated alkanes) is 6. The van der Waals surface area contributed by atoms with Gasteiger partial charge in [-0.15, -0.1) is 0 Å². The molecule has 11 amide bonds. The van der Waals surface area contributed by atoms with Crippen molar-refractivity contribution >= 4 is 70.8 Å². The number of aryl methyl sites for hydroxylation is 6. The third-order valence-electron chi connectivity index (χ3n) is 23.9. The molecule has 734 valence electrons. The molecular formula is C104H156N18O12. The van der Waals surface area contributed by atoms with Crippen molar-refractivity contribution in [2.75, 3.05) is 125 Å². The molecule has 134 heavy (non-hydrogen) atoms. The molecular weight excluding hydrogens is 1690 g/mol. The standard InChI is InChI=1S/C104H156N18O12/c1-81(123)69-117(99(129)57-51-82-33-9-3-10-34-82)71-89(46-22-28-64-106)112-95(125)77-119(101(131)59-53-84-37-13-5-14-38-84)73-91(48-24-30-66-108)114-97(127)79-121(103(133)61-55-86-41-17-7-18-42-86)75-93(50-26-32-68-110)116-98(128)80-122(104(134)62-56-87-43-19-8-20-44-87)74-92(49-25-31-67-109)115-96(126)78-120(102(132)60-54-85-39-15-6-16-40-85)72-90(47-23-29-65-107)113-94(124)76-118(70-88(111-2)45-21-27-63-105)100(130)58-52-83-35-11-4-12-36-83/h3-20,33-44,88-93,111H,21-32,45-80,105-110H2,1-2H3,(H,112,125)(H,113,124)(H,114,127)(H,115,126)(H,116,128)/t88-,89-,90-,91-,92-,93-/m0/s1. The van der Waals surface area contributed by atoms with E-state index >= 15 is 24.0 Å². The van der Waals surface area contributed by atoms with Crippen LogP contribution >= 0.6 is 0 Å². The molecule has 0 aromatic heterocycles. The summed E-state index contributed by atoms with van der Waals surface area (Å²) >= 11 is 0. The largest absolute Gasteiger partial charge is 0.350 e. The summed E-state index contributed by atoms with van der Waals surface area (Å²) in [5.41, 5.74) is 41.7. The Morgan fingerprint density at radius 2 is 0.388 bits per heavy atom. The maximum atomic E-state index is 15.3. The Bertz CT molecular complexity index is 4360. The minimum absolute atomic E-state index is 0.00891. The molecule has 0 bridgehead atoms. The zero-order valence-corrected chi connectivity index (χ0v) is 79.8. The number of likely N-dealkylation sites (N-methyl/N-ethyl adjacent to an activating group) is 1. The van der Waals surface area contributed by atoms with Crippen molar-refractivity contribution in [3.05, 3.63) is 215 Å². The number of hydrogen-bond donors (Lipinski definition) is 12. The van der Waals surface area contributed by atoms with Crippen molar-refractivity contribution in [1.82, 2.24) is 61.3 Å². The van der Waals surface area contributed by atoms with Gasteiger partial charge in [-0.05, 0) is 202 Å². The van der Waals surface area contributed by atoms with E-state index in [1.54, 1.807) is 4.90 Å². The Balaban J connectivity index is 1.30. The molecule has 0 saturated carbocycles. The van der Waals surface area contributed by atoms with Crippen LogP contribution in [-0.2, 0) is 96.1 Å². The molecule has 0 aliphatic heterocycles. The monoisotopic (exact) mass is 1850 g/mol. The molecule has 0 unspecified atom stereocenters. The third-order valence-corrected chi connectivity index (χ3v) is 23.9. The molecule has 6 atom stereocenters.